The number of halogens is 1. The van der Waals surface area contributed by atoms with Crippen molar-refractivity contribution in [3.63, 3.8) is 0 Å². The maximum atomic E-state index is 12.6. The Morgan fingerprint density at radius 3 is 2.56 bits per heavy atom. The summed E-state index contributed by atoms with van der Waals surface area (Å²) in [6.45, 7) is 7.37. The fourth-order valence-corrected chi connectivity index (χ4v) is 2.55. The maximum absolute atomic E-state index is 12.6. The zero-order valence-electron chi connectivity index (χ0n) is 10.8. The average molecular weight is 264 g/mol. The Hall–Kier alpha value is -1.42. The number of nitrogens with zero attached hydrogens (tertiary/aromatic N) is 1. The first-order chi connectivity index (χ1) is 8.45. The van der Waals surface area contributed by atoms with E-state index in [2.05, 4.69) is 43.2 Å². The largest absolute Gasteiger partial charge is 0.379 e. The number of nitrogens with one attached hydrogen (secondary N) is 1. The number of hydrogen-bond acceptors (Lipinski definition) is 3. The van der Waals surface area contributed by atoms with Gasteiger partial charge in [-0.2, -0.15) is 4.39 Å². The van der Waals surface area contributed by atoms with Gasteiger partial charge >= 0.3 is 0 Å². The highest BCUT2D eigenvalue weighted by Gasteiger charge is 2.15. The van der Waals surface area contributed by atoms with E-state index in [0.29, 0.717) is 0 Å². The van der Waals surface area contributed by atoms with Crippen LogP contribution in [0.15, 0.2) is 30.5 Å². The Morgan fingerprint density at radius 1 is 1.22 bits per heavy atom. The van der Waals surface area contributed by atoms with Crippen molar-refractivity contribution in [2.45, 2.75) is 32.7 Å². The summed E-state index contributed by atoms with van der Waals surface area (Å²) in [4.78, 5) is 6.25. The summed E-state index contributed by atoms with van der Waals surface area (Å²) >= 11 is 1.81. The van der Waals surface area contributed by atoms with Gasteiger partial charge in [-0.25, -0.2) is 4.98 Å². The van der Waals surface area contributed by atoms with Gasteiger partial charge in [0.25, 0.3) is 0 Å². The van der Waals surface area contributed by atoms with Gasteiger partial charge in [-0.3, -0.25) is 0 Å². The first-order valence-electron chi connectivity index (χ1n) is 5.90. The molecular weight excluding hydrogens is 247 g/mol. The zero-order valence-corrected chi connectivity index (χ0v) is 11.6. The van der Waals surface area contributed by atoms with Crippen LogP contribution in [0.2, 0.25) is 0 Å². The van der Waals surface area contributed by atoms with Gasteiger partial charge < -0.3 is 5.32 Å². The first kappa shape index (κ1) is 13.0. The quantitative estimate of drug-likeness (QED) is 0.841. The standard InChI is InChI=1S/C14H17FN2S/c1-14(2,3)12-6-5-11(18-12)9-16-10-4-7-13(15)17-8-10/h4-8,16H,9H2,1-3H3. The minimum atomic E-state index is -0.452. The lowest BCUT2D eigenvalue weighted by Crippen LogP contribution is -2.07. The summed E-state index contributed by atoms with van der Waals surface area (Å²) in [6.07, 6.45) is 1.51. The predicted octanol–water partition coefficient (Wildman–Crippen LogP) is 4.19. The zero-order chi connectivity index (χ0) is 13.2. The lowest BCUT2D eigenvalue weighted by molar-refractivity contribution is 0.584. The number of hydrogen-bond donors (Lipinski definition) is 1. The van der Waals surface area contributed by atoms with Crippen LogP contribution in [-0.4, -0.2) is 4.98 Å². The molecule has 2 heterocycles. The van der Waals surface area contributed by atoms with E-state index < -0.39 is 5.95 Å². The van der Waals surface area contributed by atoms with Crippen molar-refractivity contribution in [1.29, 1.82) is 0 Å². The van der Waals surface area contributed by atoms with Crippen LogP contribution in [0.4, 0.5) is 10.1 Å². The predicted molar refractivity (Wildman–Crippen MR) is 74.5 cm³/mol. The SMILES string of the molecule is CC(C)(C)c1ccc(CNc2ccc(F)nc2)s1. The van der Waals surface area contributed by atoms with Gasteiger partial charge in [0.2, 0.25) is 5.95 Å². The van der Waals surface area contributed by atoms with E-state index in [4.69, 9.17) is 0 Å². The Morgan fingerprint density at radius 2 is 2.00 bits per heavy atom. The molecule has 0 spiro atoms. The van der Waals surface area contributed by atoms with Crippen LogP contribution in [0, 0.1) is 5.95 Å². The third-order valence-electron chi connectivity index (χ3n) is 2.59. The molecule has 0 aliphatic heterocycles. The van der Waals surface area contributed by atoms with Crippen molar-refractivity contribution in [3.05, 3.63) is 46.2 Å². The van der Waals surface area contributed by atoms with Crippen molar-refractivity contribution >= 4 is 17.0 Å². The molecule has 18 heavy (non-hydrogen) atoms. The minimum absolute atomic E-state index is 0.195. The fraction of sp³-hybridized carbons (Fsp3) is 0.357. The number of anilines is 1. The van der Waals surface area contributed by atoms with Gasteiger partial charge in [-0.05, 0) is 29.7 Å². The Kier molecular flexibility index (Phi) is 3.66. The van der Waals surface area contributed by atoms with Crippen LogP contribution in [-0.2, 0) is 12.0 Å². The van der Waals surface area contributed by atoms with Crippen LogP contribution in [0.3, 0.4) is 0 Å². The second-order valence-electron chi connectivity index (χ2n) is 5.24. The summed E-state index contributed by atoms with van der Waals surface area (Å²) in [7, 11) is 0. The Bertz CT molecular complexity index is 511. The van der Waals surface area contributed by atoms with Crippen LogP contribution in [0.5, 0.6) is 0 Å². The molecule has 0 radical (unpaired) electrons. The van der Waals surface area contributed by atoms with E-state index in [1.54, 1.807) is 17.4 Å². The van der Waals surface area contributed by atoms with Gasteiger partial charge in [-0.1, -0.05) is 20.8 Å². The molecule has 2 nitrogen and oxygen atoms in total. The molecule has 0 amide bonds. The average Bonchev–Trinajstić information content (AvgIpc) is 2.77. The molecule has 0 saturated carbocycles. The number of pyridine rings is 1. The highest BCUT2D eigenvalue weighted by atomic mass is 32.1. The molecule has 1 N–H and O–H groups in total. The van der Waals surface area contributed by atoms with Crippen LogP contribution >= 0.6 is 11.3 Å². The number of thiophene rings is 1. The molecule has 0 atom stereocenters. The first-order valence-corrected chi connectivity index (χ1v) is 6.71. The number of aromatic nitrogens is 1. The van der Waals surface area contributed by atoms with E-state index in [1.807, 2.05) is 0 Å². The molecular formula is C14H17FN2S. The molecule has 0 aromatic carbocycles. The van der Waals surface area contributed by atoms with E-state index in [-0.39, 0.29) is 5.41 Å². The Balaban J connectivity index is 1.98. The molecule has 2 rings (SSSR count). The van der Waals surface area contributed by atoms with Gasteiger partial charge in [0, 0.05) is 16.3 Å². The van der Waals surface area contributed by atoms with E-state index in [1.165, 1.54) is 22.0 Å². The van der Waals surface area contributed by atoms with Crippen molar-refractivity contribution in [2.24, 2.45) is 0 Å². The molecule has 2 aromatic heterocycles. The molecule has 4 heteroatoms. The molecule has 2 aromatic rings. The third-order valence-corrected chi connectivity index (χ3v) is 4.11. The highest BCUT2D eigenvalue weighted by Crippen LogP contribution is 2.29. The number of rotatable bonds is 3. The van der Waals surface area contributed by atoms with Gasteiger partial charge in [0.05, 0.1) is 11.9 Å². The molecule has 0 aliphatic carbocycles. The molecule has 0 unspecified atom stereocenters. The normalized spacial score (nSPS) is 11.6. The fourth-order valence-electron chi connectivity index (χ4n) is 1.55. The van der Waals surface area contributed by atoms with Crippen LogP contribution in [0.25, 0.3) is 0 Å². The van der Waals surface area contributed by atoms with Crippen LogP contribution < -0.4 is 5.32 Å². The maximum Gasteiger partial charge on any atom is 0.212 e. The topological polar surface area (TPSA) is 24.9 Å². The summed E-state index contributed by atoms with van der Waals surface area (Å²) in [6, 6.07) is 7.36. The summed E-state index contributed by atoms with van der Waals surface area (Å²) < 4.78 is 12.6. The summed E-state index contributed by atoms with van der Waals surface area (Å²) in [5.41, 5.74) is 1.03. The molecule has 0 bridgehead atoms. The van der Waals surface area contributed by atoms with Crippen LogP contribution in [0.1, 0.15) is 30.5 Å². The third kappa shape index (κ3) is 3.29. The Labute approximate surface area is 111 Å². The second-order valence-corrected chi connectivity index (χ2v) is 6.41. The lowest BCUT2D eigenvalue weighted by atomic mass is 9.95. The second kappa shape index (κ2) is 5.06. The molecule has 0 aliphatic rings. The molecule has 0 saturated heterocycles. The summed E-state index contributed by atoms with van der Waals surface area (Å²) in [5, 5.41) is 3.23. The van der Waals surface area contributed by atoms with Gasteiger partial charge in [-0.15, -0.1) is 11.3 Å². The van der Waals surface area contributed by atoms with Crippen molar-refractivity contribution < 1.29 is 4.39 Å². The van der Waals surface area contributed by atoms with Crippen molar-refractivity contribution in [1.82, 2.24) is 4.98 Å². The van der Waals surface area contributed by atoms with Crippen molar-refractivity contribution in [2.75, 3.05) is 5.32 Å². The highest BCUT2D eigenvalue weighted by molar-refractivity contribution is 7.12. The lowest BCUT2D eigenvalue weighted by Gasteiger charge is -2.15. The van der Waals surface area contributed by atoms with E-state index in [9.17, 15) is 4.39 Å². The molecule has 0 fully saturated rings. The molecule has 96 valence electrons. The monoisotopic (exact) mass is 264 g/mol. The smallest absolute Gasteiger partial charge is 0.212 e. The van der Waals surface area contributed by atoms with Crippen molar-refractivity contribution in [3.8, 4) is 0 Å². The van der Waals surface area contributed by atoms with E-state index in [0.717, 1.165) is 12.2 Å². The van der Waals surface area contributed by atoms with Gasteiger partial charge in [0.15, 0.2) is 0 Å². The van der Waals surface area contributed by atoms with Gasteiger partial charge in [0.1, 0.15) is 0 Å². The summed E-state index contributed by atoms with van der Waals surface area (Å²) in [5.74, 6) is -0.452. The van der Waals surface area contributed by atoms with E-state index >= 15 is 0 Å². The minimum Gasteiger partial charge on any atom is -0.379 e.